The van der Waals surface area contributed by atoms with E-state index < -0.39 is 6.16 Å². The Morgan fingerprint density at radius 3 is 2.21 bits per heavy atom. The Morgan fingerprint density at radius 2 is 1.54 bits per heavy atom. The summed E-state index contributed by atoms with van der Waals surface area (Å²) in [6.45, 7) is 2.14. The minimum absolute atomic E-state index is 0.00581. The highest BCUT2D eigenvalue weighted by molar-refractivity contribution is 5.96. The molecule has 2 rings (SSSR count). The van der Waals surface area contributed by atoms with Crippen molar-refractivity contribution in [2.75, 3.05) is 13.2 Å². The Hall–Kier alpha value is -2.82. The van der Waals surface area contributed by atoms with Gasteiger partial charge < -0.3 is 14.2 Å². The summed E-state index contributed by atoms with van der Waals surface area (Å²) in [5, 5.41) is 0. The Kier molecular flexibility index (Phi) is 6.83. The zero-order chi connectivity index (χ0) is 17.2. The molecule has 0 atom stereocenters. The number of hydrogen-bond acceptors (Lipinski definition) is 5. The van der Waals surface area contributed by atoms with E-state index in [-0.39, 0.29) is 19.0 Å². The van der Waals surface area contributed by atoms with Gasteiger partial charge in [-0.05, 0) is 49.7 Å². The average molecular weight is 328 g/mol. The fourth-order valence-corrected chi connectivity index (χ4v) is 2.03. The van der Waals surface area contributed by atoms with Gasteiger partial charge in [-0.15, -0.1) is 0 Å². The number of ketones is 1. The van der Waals surface area contributed by atoms with E-state index in [0.717, 1.165) is 5.75 Å². The first kappa shape index (κ1) is 17.5. The van der Waals surface area contributed by atoms with Gasteiger partial charge in [0.05, 0.1) is 13.2 Å². The van der Waals surface area contributed by atoms with Crippen LogP contribution in [-0.2, 0) is 9.47 Å². The summed E-state index contributed by atoms with van der Waals surface area (Å²) in [5.41, 5.74) is 0.603. The van der Waals surface area contributed by atoms with Gasteiger partial charge in [0.25, 0.3) is 0 Å². The molecule has 0 saturated heterocycles. The fourth-order valence-electron chi connectivity index (χ4n) is 2.03. The maximum atomic E-state index is 12.1. The number of hydrogen-bond donors (Lipinski definition) is 0. The van der Waals surface area contributed by atoms with E-state index in [1.54, 1.807) is 31.2 Å². The van der Waals surface area contributed by atoms with Crippen molar-refractivity contribution in [1.82, 2.24) is 0 Å². The van der Waals surface area contributed by atoms with Crippen LogP contribution in [0, 0.1) is 0 Å². The van der Waals surface area contributed by atoms with Crippen molar-refractivity contribution in [1.29, 1.82) is 0 Å². The van der Waals surface area contributed by atoms with Crippen LogP contribution in [0.3, 0.4) is 0 Å². The summed E-state index contributed by atoms with van der Waals surface area (Å²) in [4.78, 5) is 23.1. The molecule has 0 bridgehead atoms. The largest absolute Gasteiger partial charge is 0.508 e. The van der Waals surface area contributed by atoms with Crippen LogP contribution in [0.1, 0.15) is 30.1 Å². The molecule has 0 aliphatic rings. The molecule has 0 N–H and O–H groups in total. The molecule has 0 amide bonds. The lowest BCUT2D eigenvalue weighted by atomic mass is 10.1. The number of ether oxygens (including phenoxy) is 3. The molecule has 0 aliphatic carbocycles. The van der Waals surface area contributed by atoms with Crippen LogP contribution in [0.25, 0.3) is 0 Å². The normalized spacial score (nSPS) is 10.0. The number of benzene rings is 2. The quantitative estimate of drug-likeness (QED) is 0.402. The number of Topliss-reactive ketones (excluding diaryl/α,β-unsaturated/α-hetero) is 1. The average Bonchev–Trinajstić information content (AvgIpc) is 2.60. The van der Waals surface area contributed by atoms with Gasteiger partial charge in [0.15, 0.2) is 5.78 Å². The molecule has 0 spiro atoms. The van der Waals surface area contributed by atoms with Crippen molar-refractivity contribution < 1.29 is 23.8 Å². The van der Waals surface area contributed by atoms with Crippen LogP contribution in [0.5, 0.6) is 11.5 Å². The molecule has 126 valence electrons. The maximum absolute atomic E-state index is 12.1. The van der Waals surface area contributed by atoms with E-state index in [1.807, 2.05) is 30.3 Å². The predicted octanol–water partition coefficient (Wildman–Crippen LogP) is 4.61. The van der Waals surface area contributed by atoms with Crippen molar-refractivity contribution in [3.63, 3.8) is 0 Å². The molecule has 0 fully saturated rings. The highest BCUT2D eigenvalue weighted by Gasteiger charge is 2.08. The minimum atomic E-state index is -0.702. The van der Waals surface area contributed by atoms with Gasteiger partial charge in [-0.2, -0.15) is 0 Å². The molecule has 5 nitrogen and oxygen atoms in total. The number of carbonyl (C=O) groups is 2. The molecule has 2 aromatic carbocycles. The maximum Gasteiger partial charge on any atom is 0.508 e. The molecule has 0 unspecified atom stereocenters. The predicted molar refractivity (Wildman–Crippen MR) is 89.5 cm³/mol. The first-order valence-corrected chi connectivity index (χ1v) is 7.84. The van der Waals surface area contributed by atoms with Crippen LogP contribution in [0.15, 0.2) is 54.6 Å². The molecule has 2 aromatic rings. The van der Waals surface area contributed by atoms with Gasteiger partial charge in [0.2, 0.25) is 0 Å². The lowest BCUT2D eigenvalue weighted by Crippen LogP contribution is -2.09. The third-order valence-corrected chi connectivity index (χ3v) is 3.19. The standard InChI is InChI=1S/C19H20O5/c1-2-22-19(21)23-14-6-9-18(20)15-10-12-17(13-11-15)24-16-7-4-3-5-8-16/h3-5,7-8,10-13H,2,6,9,14H2,1H3. The van der Waals surface area contributed by atoms with Gasteiger partial charge >= 0.3 is 6.16 Å². The van der Waals surface area contributed by atoms with Crippen molar-refractivity contribution in [3.05, 3.63) is 60.2 Å². The van der Waals surface area contributed by atoms with Crippen molar-refractivity contribution >= 4 is 11.9 Å². The highest BCUT2D eigenvalue weighted by atomic mass is 16.7. The van der Waals surface area contributed by atoms with Crippen molar-refractivity contribution in [2.45, 2.75) is 19.8 Å². The summed E-state index contributed by atoms with van der Waals surface area (Å²) in [5.74, 6) is 1.41. The van der Waals surface area contributed by atoms with Gasteiger partial charge in [0.1, 0.15) is 11.5 Å². The molecule has 5 heteroatoms. The molecular formula is C19H20O5. The smallest absolute Gasteiger partial charge is 0.457 e. The zero-order valence-electron chi connectivity index (χ0n) is 13.6. The monoisotopic (exact) mass is 328 g/mol. The lowest BCUT2D eigenvalue weighted by Gasteiger charge is -2.07. The number of rotatable bonds is 8. The Balaban J connectivity index is 1.78. The minimum Gasteiger partial charge on any atom is -0.457 e. The Labute approximate surface area is 141 Å². The van der Waals surface area contributed by atoms with E-state index in [1.165, 1.54) is 0 Å². The molecule has 0 aromatic heterocycles. The highest BCUT2D eigenvalue weighted by Crippen LogP contribution is 2.21. The molecule has 0 heterocycles. The van der Waals surface area contributed by atoms with Crippen LogP contribution < -0.4 is 4.74 Å². The van der Waals surface area contributed by atoms with E-state index in [4.69, 9.17) is 9.47 Å². The summed E-state index contributed by atoms with van der Waals surface area (Å²) in [7, 11) is 0. The molecule has 0 saturated carbocycles. The third kappa shape index (κ3) is 5.76. The zero-order valence-corrected chi connectivity index (χ0v) is 13.6. The summed E-state index contributed by atoms with van der Waals surface area (Å²) >= 11 is 0. The lowest BCUT2D eigenvalue weighted by molar-refractivity contribution is 0.0570. The van der Waals surface area contributed by atoms with E-state index >= 15 is 0 Å². The second-order valence-corrected chi connectivity index (χ2v) is 5.00. The van der Waals surface area contributed by atoms with E-state index in [9.17, 15) is 9.59 Å². The fraction of sp³-hybridized carbons (Fsp3) is 0.263. The van der Waals surface area contributed by atoms with Gasteiger partial charge in [-0.1, -0.05) is 18.2 Å². The first-order chi connectivity index (χ1) is 11.7. The van der Waals surface area contributed by atoms with E-state index in [2.05, 4.69) is 4.74 Å². The summed E-state index contributed by atoms with van der Waals surface area (Å²) in [6, 6.07) is 16.4. The van der Waals surface area contributed by atoms with Crippen molar-refractivity contribution in [3.8, 4) is 11.5 Å². The molecule has 24 heavy (non-hydrogen) atoms. The topological polar surface area (TPSA) is 61.8 Å². The second-order valence-electron chi connectivity index (χ2n) is 5.00. The van der Waals surface area contributed by atoms with Crippen LogP contribution >= 0.6 is 0 Å². The molecule has 0 radical (unpaired) electrons. The van der Waals surface area contributed by atoms with Crippen LogP contribution in [-0.4, -0.2) is 25.2 Å². The summed E-state index contributed by atoms with van der Waals surface area (Å²) in [6.07, 6.45) is 0.0606. The summed E-state index contributed by atoms with van der Waals surface area (Å²) < 4.78 is 15.1. The first-order valence-electron chi connectivity index (χ1n) is 7.84. The second kappa shape index (κ2) is 9.35. The van der Waals surface area contributed by atoms with Crippen LogP contribution in [0.2, 0.25) is 0 Å². The third-order valence-electron chi connectivity index (χ3n) is 3.19. The molecular weight excluding hydrogens is 308 g/mol. The van der Waals surface area contributed by atoms with Crippen LogP contribution in [0.4, 0.5) is 4.79 Å². The Bertz CT molecular complexity index is 649. The van der Waals surface area contributed by atoms with Gasteiger partial charge in [-0.25, -0.2) is 4.79 Å². The SMILES string of the molecule is CCOC(=O)OCCCC(=O)c1ccc(Oc2ccccc2)cc1. The number of carbonyl (C=O) groups excluding carboxylic acids is 2. The number of para-hydroxylation sites is 1. The van der Waals surface area contributed by atoms with E-state index in [0.29, 0.717) is 24.2 Å². The molecule has 0 aliphatic heterocycles. The van der Waals surface area contributed by atoms with Crippen molar-refractivity contribution in [2.24, 2.45) is 0 Å². The Morgan fingerprint density at radius 1 is 0.875 bits per heavy atom. The van der Waals surface area contributed by atoms with Gasteiger partial charge in [0, 0.05) is 12.0 Å². The van der Waals surface area contributed by atoms with Gasteiger partial charge in [-0.3, -0.25) is 4.79 Å².